The molecule has 3 amide bonds. The molecule has 0 saturated heterocycles. The van der Waals surface area contributed by atoms with E-state index in [1.54, 1.807) is 0 Å². The molecule has 0 aromatic heterocycles. The van der Waals surface area contributed by atoms with Crippen molar-refractivity contribution in [3.8, 4) is 0 Å². The third kappa shape index (κ3) is 6.55. The second kappa shape index (κ2) is 8.35. The smallest absolute Gasteiger partial charge is 0.305 e. The predicted octanol–water partition coefficient (Wildman–Crippen LogP) is -0.467. The largest absolute Gasteiger partial charge is 0.481 e. The number of hydrogen-bond acceptors (Lipinski definition) is 4. The van der Waals surface area contributed by atoms with E-state index in [1.165, 1.54) is 6.92 Å². The van der Waals surface area contributed by atoms with E-state index in [4.69, 9.17) is 5.11 Å². The molecule has 0 atom stereocenters. The Kier molecular flexibility index (Phi) is 6.81. The Labute approximate surface area is 129 Å². The lowest BCUT2D eigenvalue weighted by atomic mass is 9.74. The van der Waals surface area contributed by atoms with Crippen molar-refractivity contribution in [2.45, 2.75) is 51.0 Å². The highest BCUT2D eigenvalue weighted by Gasteiger charge is 2.40. The summed E-state index contributed by atoms with van der Waals surface area (Å²) in [6.07, 6.45) is 2.20. The zero-order chi connectivity index (χ0) is 16.6. The molecule has 0 spiro atoms. The summed E-state index contributed by atoms with van der Waals surface area (Å²) in [6, 6.07) is 0. The number of carboxylic acids is 1. The van der Waals surface area contributed by atoms with Crippen molar-refractivity contribution in [1.82, 2.24) is 16.0 Å². The van der Waals surface area contributed by atoms with Gasteiger partial charge in [-0.05, 0) is 19.3 Å². The molecular formula is C14H23N3O5. The Morgan fingerprint density at radius 1 is 1.00 bits per heavy atom. The zero-order valence-electron chi connectivity index (χ0n) is 12.7. The molecule has 0 radical (unpaired) electrons. The molecule has 8 heteroatoms. The van der Waals surface area contributed by atoms with E-state index in [-0.39, 0.29) is 37.0 Å². The van der Waals surface area contributed by atoms with Gasteiger partial charge in [-0.1, -0.05) is 0 Å². The van der Waals surface area contributed by atoms with Crippen LogP contribution in [-0.4, -0.2) is 47.4 Å². The fraction of sp³-hybridized carbons (Fsp3) is 0.714. The Morgan fingerprint density at radius 3 is 2.09 bits per heavy atom. The first-order chi connectivity index (χ1) is 10.3. The highest BCUT2D eigenvalue weighted by Crippen LogP contribution is 2.34. The van der Waals surface area contributed by atoms with Crippen LogP contribution >= 0.6 is 0 Å². The van der Waals surface area contributed by atoms with E-state index in [1.807, 2.05) is 0 Å². The number of carbonyl (C=O) groups excluding carboxylic acids is 3. The average Bonchev–Trinajstić information content (AvgIpc) is 2.38. The van der Waals surface area contributed by atoms with Gasteiger partial charge in [-0.2, -0.15) is 0 Å². The lowest BCUT2D eigenvalue weighted by Crippen LogP contribution is -2.54. The fourth-order valence-corrected chi connectivity index (χ4v) is 2.35. The number of amides is 3. The molecule has 0 heterocycles. The highest BCUT2D eigenvalue weighted by molar-refractivity contribution is 5.84. The first kappa shape index (κ1) is 17.9. The van der Waals surface area contributed by atoms with Crippen molar-refractivity contribution in [1.29, 1.82) is 0 Å². The highest BCUT2D eigenvalue weighted by atomic mass is 16.4. The molecule has 0 bridgehead atoms. The van der Waals surface area contributed by atoms with Gasteiger partial charge < -0.3 is 21.1 Å². The monoisotopic (exact) mass is 313 g/mol. The number of hydrogen-bond donors (Lipinski definition) is 4. The van der Waals surface area contributed by atoms with Gasteiger partial charge in [-0.15, -0.1) is 0 Å². The maximum atomic E-state index is 11.8. The zero-order valence-corrected chi connectivity index (χ0v) is 12.7. The Balaban J connectivity index is 2.20. The summed E-state index contributed by atoms with van der Waals surface area (Å²) in [5.41, 5.74) is -0.634. The molecule has 22 heavy (non-hydrogen) atoms. The van der Waals surface area contributed by atoms with Crippen LogP contribution in [-0.2, 0) is 19.2 Å². The van der Waals surface area contributed by atoms with E-state index in [0.717, 1.165) is 6.42 Å². The Bertz CT molecular complexity index is 446. The molecule has 0 aromatic carbocycles. The summed E-state index contributed by atoms with van der Waals surface area (Å²) >= 11 is 0. The predicted molar refractivity (Wildman–Crippen MR) is 77.9 cm³/mol. The minimum Gasteiger partial charge on any atom is -0.481 e. The molecule has 0 unspecified atom stereocenters. The van der Waals surface area contributed by atoms with E-state index < -0.39 is 11.5 Å². The van der Waals surface area contributed by atoms with Crippen LogP contribution in [0.1, 0.15) is 45.4 Å². The molecule has 0 aromatic rings. The summed E-state index contributed by atoms with van der Waals surface area (Å²) in [4.78, 5) is 44.8. The van der Waals surface area contributed by atoms with Crippen molar-refractivity contribution in [3.05, 3.63) is 0 Å². The molecule has 4 N–H and O–H groups in total. The van der Waals surface area contributed by atoms with Gasteiger partial charge >= 0.3 is 5.97 Å². The summed E-state index contributed by atoms with van der Waals surface area (Å²) in [5, 5.41) is 16.7. The summed E-state index contributed by atoms with van der Waals surface area (Å²) in [6.45, 7) is 2.04. The maximum Gasteiger partial charge on any atom is 0.305 e. The van der Waals surface area contributed by atoms with Crippen LogP contribution in [0.25, 0.3) is 0 Å². The normalized spacial score (nSPS) is 15.3. The van der Waals surface area contributed by atoms with Crippen LogP contribution in [0, 0.1) is 0 Å². The van der Waals surface area contributed by atoms with Crippen LogP contribution in [0.5, 0.6) is 0 Å². The van der Waals surface area contributed by atoms with Crippen LogP contribution in [0.15, 0.2) is 0 Å². The van der Waals surface area contributed by atoms with E-state index in [2.05, 4.69) is 16.0 Å². The molecule has 1 saturated carbocycles. The minimum atomic E-state index is -0.935. The first-order valence-electron chi connectivity index (χ1n) is 7.37. The van der Waals surface area contributed by atoms with Gasteiger partial charge in [0, 0.05) is 32.9 Å². The quantitative estimate of drug-likeness (QED) is 0.428. The minimum absolute atomic E-state index is 0.0212. The maximum absolute atomic E-state index is 11.8. The van der Waals surface area contributed by atoms with Crippen molar-refractivity contribution in [2.75, 3.05) is 13.1 Å². The second-order valence-electron chi connectivity index (χ2n) is 5.59. The van der Waals surface area contributed by atoms with Gasteiger partial charge in [0.15, 0.2) is 0 Å². The lowest BCUT2D eigenvalue weighted by Gasteiger charge is -2.41. The molecule has 124 valence electrons. The van der Waals surface area contributed by atoms with Gasteiger partial charge in [0.1, 0.15) is 0 Å². The van der Waals surface area contributed by atoms with Gasteiger partial charge in [-0.25, -0.2) is 0 Å². The third-order valence-corrected chi connectivity index (χ3v) is 3.61. The number of aliphatic carboxylic acids is 1. The van der Waals surface area contributed by atoms with Crippen LogP contribution in [0.3, 0.4) is 0 Å². The lowest BCUT2D eigenvalue weighted by molar-refractivity contribution is -0.140. The molecule has 1 fully saturated rings. The van der Waals surface area contributed by atoms with Gasteiger partial charge in [0.2, 0.25) is 17.7 Å². The molecule has 1 aliphatic rings. The fourth-order valence-electron chi connectivity index (χ4n) is 2.35. The van der Waals surface area contributed by atoms with Crippen LogP contribution in [0.2, 0.25) is 0 Å². The molecule has 1 rings (SSSR count). The molecule has 1 aliphatic carbocycles. The average molecular weight is 313 g/mol. The van der Waals surface area contributed by atoms with E-state index >= 15 is 0 Å². The summed E-state index contributed by atoms with van der Waals surface area (Å²) in [5.74, 6) is -1.69. The Hall–Kier alpha value is -2.12. The second-order valence-corrected chi connectivity index (χ2v) is 5.59. The number of nitrogens with one attached hydrogen (secondary N) is 3. The molecule has 0 aliphatic heterocycles. The van der Waals surface area contributed by atoms with Crippen LogP contribution < -0.4 is 16.0 Å². The van der Waals surface area contributed by atoms with Crippen molar-refractivity contribution >= 4 is 23.7 Å². The summed E-state index contributed by atoms with van der Waals surface area (Å²) in [7, 11) is 0. The standard InChI is InChI=1S/C14H23N3O5/c1-10(18)15-7-8-16-11(19)3-4-12(20)17-14(5-2-6-14)9-13(21)22/h2-9H2,1H3,(H,15,18)(H,16,19)(H,17,20)(H,21,22). The van der Waals surface area contributed by atoms with Crippen molar-refractivity contribution in [3.63, 3.8) is 0 Å². The molecule has 8 nitrogen and oxygen atoms in total. The number of rotatable bonds is 9. The SMILES string of the molecule is CC(=O)NCCNC(=O)CCC(=O)NC1(CC(=O)O)CCC1. The molecular weight excluding hydrogens is 290 g/mol. The Morgan fingerprint density at radius 2 is 1.59 bits per heavy atom. The van der Waals surface area contributed by atoms with Crippen molar-refractivity contribution < 1.29 is 24.3 Å². The topological polar surface area (TPSA) is 125 Å². The van der Waals surface area contributed by atoms with Crippen LogP contribution in [0.4, 0.5) is 0 Å². The first-order valence-corrected chi connectivity index (χ1v) is 7.37. The van der Waals surface area contributed by atoms with Crippen molar-refractivity contribution in [2.24, 2.45) is 0 Å². The van der Waals surface area contributed by atoms with Gasteiger partial charge in [0.25, 0.3) is 0 Å². The van der Waals surface area contributed by atoms with E-state index in [0.29, 0.717) is 25.9 Å². The number of carbonyl (C=O) groups is 4. The van der Waals surface area contributed by atoms with Gasteiger partial charge in [0.05, 0.1) is 12.0 Å². The van der Waals surface area contributed by atoms with Gasteiger partial charge in [-0.3, -0.25) is 19.2 Å². The third-order valence-electron chi connectivity index (χ3n) is 3.61. The number of carboxylic acid groups (broad SMARTS) is 1. The summed E-state index contributed by atoms with van der Waals surface area (Å²) < 4.78 is 0. The van der Waals surface area contributed by atoms with E-state index in [9.17, 15) is 19.2 Å².